The summed E-state index contributed by atoms with van der Waals surface area (Å²) in [5, 5.41) is 20.2. The maximum atomic E-state index is 15.1. The number of hydrogen-bond acceptors (Lipinski definition) is 12. The van der Waals surface area contributed by atoms with Crippen LogP contribution in [0.3, 0.4) is 0 Å². The first-order chi connectivity index (χ1) is 39.1. The lowest BCUT2D eigenvalue weighted by Crippen LogP contribution is -2.63. The molecule has 6 N–H and O–H groups in total. The van der Waals surface area contributed by atoms with Gasteiger partial charge in [0, 0.05) is 55.3 Å². The molecule has 85 heavy (non-hydrogen) atoms. The molecule has 0 radical (unpaired) electrons. The van der Waals surface area contributed by atoms with Crippen molar-refractivity contribution >= 4 is 65.0 Å². The molecule has 0 fully saturated rings. The smallest absolute Gasteiger partial charge is 0.246 e. The van der Waals surface area contributed by atoms with Crippen molar-refractivity contribution in [3.05, 3.63) is 12.2 Å². The third-order valence-corrected chi connectivity index (χ3v) is 16.2. The van der Waals surface area contributed by atoms with Gasteiger partial charge in [0.25, 0.3) is 0 Å². The highest BCUT2D eigenvalue weighted by Gasteiger charge is 2.45. The molecule has 0 aromatic carbocycles. The molecule has 0 aliphatic rings. The molecule has 23 heteroatoms. The Morgan fingerprint density at radius 1 is 0.471 bits per heavy atom. The second-order valence-corrected chi connectivity index (χ2v) is 25.8. The highest BCUT2D eigenvalue weighted by atomic mass is 16.3. The van der Waals surface area contributed by atoms with E-state index >= 15 is 9.59 Å². The van der Waals surface area contributed by atoms with Crippen LogP contribution in [0.2, 0.25) is 0 Å². The first-order valence-electron chi connectivity index (χ1n) is 30.4. The molecule has 0 aliphatic heterocycles. The van der Waals surface area contributed by atoms with E-state index in [2.05, 4.69) is 16.0 Å². The number of primary amides is 1. The Hall–Kier alpha value is -6.13. The van der Waals surface area contributed by atoms with Gasteiger partial charge in [-0.05, 0) is 94.3 Å². The van der Waals surface area contributed by atoms with Crippen molar-refractivity contribution in [3.8, 4) is 0 Å². The highest BCUT2D eigenvalue weighted by molar-refractivity contribution is 5.98. The maximum Gasteiger partial charge on any atom is 0.246 e. The number of nitrogens with two attached hydrogens (primary N) is 1. The third-order valence-electron chi connectivity index (χ3n) is 16.2. The molecule has 1 unspecified atom stereocenters. The molecule has 0 spiro atoms. The normalized spacial score (nSPS) is 16.0. The summed E-state index contributed by atoms with van der Waals surface area (Å²) in [6.07, 6.45) is 2.98. The summed E-state index contributed by atoms with van der Waals surface area (Å²) in [6, 6.07) is -10.5. The van der Waals surface area contributed by atoms with Crippen molar-refractivity contribution in [1.29, 1.82) is 0 Å². The molecular weight excluding hydrogens is 1090 g/mol. The van der Waals surface area contributed by atoms with Crippen LogP contribution in [0.15, 0.2) is 12.2 Å². The van der Waals surface area contributed by atoms with Crippen LogP contribution in [0.4, 0.5) is 0 Å². The van der Waals surface area contributed by atoms with E-state index in [4.69, 9.17) is 5.73 Å². The minimum Gasteiger partial charge on any atom is -0.390 e. The topological polar surface area (TPSA) is 293 Å². The first kappa shape index (κ1) is 78.9. The molecular formula is C62H113N11O12. The van der Waals surface area contributed by atoms with Gasteiger partial charge in [-0.25, -0.2) is 0 Å². The summed E-state index contributed by atoms with van der Waals surface area (Å²) >= 11 is 0. The molecule has 0 aromatic heterocycles. The Morgan fingerprint density at radius 2 is 0.918 bits per heavy atom. The number of carbonyl (C=O) groups excluding carboxylic acids is 11. The Bertz CT molecular complexity index is 2290. The summed E-state index contributed by atoms with van der Waals surface area (Å²) in [6.45, 7) is 31.5. The summed E-state index contributed by atoms with van der Waals surface area (Å²) in [7, 11) is 10.0. The lowest BCUT2D eigenvalue weighted by molar-refractivity contribution is -0.157. The van der Waals surface area contributed by atoms with E-state index in [1.165, 1.54) is 73.7 Å². The number of likely N-dealkylation sites (N-methyl/N-ethyl adjacent to an activating group) is 7. The van der Waals surface area contributed by atoms with Crippen LogP contribution in [-0.4, -0.2) is 221 Å². The number of aliphatic hydroxyl groups excluding tert-OH is 1. The molecule has 11 amide bonds. The predicted octanol–water partition coefficient (Wildman–Crippen LogP) is 3.50. The highest BCUT2D eigenvalue weighted by Crippen LogP contribution is 2.25. The van der Waals surface area contributed by atoms with Crippen LogP contribution in [0, 0.1) is 47.3 Å². The second kappa shape index (κ2) is 36.1. The van der Waals surface area contributed by atoms with E-state index in [9.17, 15) is 48.3 Å². The molecule has 488 valence electrons. The lowest BCUT2D eigenvalue weighted by atomic mass is 9.91. The number of carbonyl (C=O) groups is 11. The fourth-order valence-electron chi connectivity index (χ4n) is 10.3. The van der Waals surface area contributed by atoms with Gasteiger partial charge in [-0.15, -0.1) is 0 Å². The Labute approximate surface area is 509 Å². The van der Waals surface area contributed by atoms with Gasteiger partial charge < -0.3 is 61.1 Å². The van der Waals surface area contributed by atoms with E-state index in [-0.39, 0.29) is 67.1 Å². The fraction of sp³-hybridized carbons (Fsp3) is 0.790. The quantitative estimate of drug-likeness (QED) is 0.0570. The molecule has 0 bridgehead atoms. The average Bonchev–Trinajstić information content (AvgIpc) is 2.48. The van der Waals surface area contributed by atoms with Gasteiger partial charge in [0.15, 0.2) is 0 Å². The largest absolute Gasteiger partial charge is 0.390 e. The molecule has 0 heterocycles. The molecule has 0 saturated heterocycles. The minimum atomic E-state index is -1.60. The van der Waals surface area contributed by atoms with Crippen molar-refractivity contribution in [2.75, 3.05) is 55.9 Å². The summed E-state index contributed by atoms with van der Waals surface area (Å²) in [5.41, 5.74) is 5.58. The molecule has 0 aliphatic carbocycles. The van der Waals surface area contributed by atoms with Crippen molar-refractivity contribution < 1.29 is 57.8 Å². The van der Waals surface area contributed by atoms with E-state index < -0.39 is 138 Å². The minimum absolute atomic E-state index is 0.0403. The van der Waals surface area contributed by atoms with Gasteiger partial charge in [0.2, 0.25) is 65.0 Å². The number of amides is 11. The Morgan fingerprint density at radius 3 is 1.34 bits per heavy atom. The van der Waals surface area contributed by atoms with Crippen LogP contribution in [-0.2, 0) is 52.7 Å². The van der Waals surface area contributed by atoms with Crippen LogP contribution in [0.25, 0.3) is 0 Å². The van der Waals surface area contributed by atoms with Crippen molar-refractivity contribution in [3.63, 3.8) is 0 Å². The van der Waals surface area contributed by atoms with Crippen LogP contribution >= 0.6 is 0 Å². The number of nitrogens with zero attached hydrogens (tertiary/aromatic N) is 7. The van der Waals surface area contributed by atoms with E-state index in [1.54, 1.807) is 81.5 Å². The zero-order chi connectivity index (χ0) is 66.6. The summed E-state index contributed by atoms with van der Waals surface area (Å²) < 4.78 is 0. The van der Waals surface area contributed by atoms with Crippen molar-refractivity contribution in [2.45, 2.75) is 217 Å². The number of allylic oxidation sites excluding steroid dienone is 2. The van der Waals surface area contributed by atoms with Crippen LogP contribution in [0.1, 0.15) is 157 Å². The second-order valence-electron chi connectivity index (χ2n) is 25.8. The maximum absolute atomic E-state index is 15.1. The predicted molar refractivity (Wildman–Crippen MR) is 330 cm³/mol. The Balaban J connectivity index is 7.14. The van der Waals surface area contributed by atoms with Gasteiger partial charge in [0.05, 0.1) is 12.6 Å². The standard InChI is InChI=1S/C62H113N11O12/c1-26-28-29-40(15)52(75)51(56(79)65-44(27-2)59(82)67(19)33-48(74)71(23)49(38(11)12)53(63)76)73(25)62(85)50(39(13)14)72(24)61(84)47(32-36(7)8)70(22)60(83)46(31-35(5)6)69(21)58(81)42(17)64-55(78)45(30-34(3)4)66-54(77)43(18)68(20)57(80)41(16)37(9)10/h26,28,34-47,49-52,75H,27,29-33H2,1-25H3,(H2,63,76)(H,64,78)(H,65,79)(H,66,77)/b28-26+/t40-,41+,42+,43+,44-,45-,46-,47-,49-,50-,51?,52+/m1/s1. The molecule has 12 atom stereocenters. The van der Waals surface area contributed by atoms with Crippen molar-refractivity contribution in [2.24, 2.45) is 53.1 Å². The third kappa shape index (κ3) is 22.9. The zero-order valence-corrected chi connectivity index (χ0v) is 56.4. The van der Waals surface area contributed by atoms with Gasteiger partial charge in [-0.2, -0.15) is 0 Å². The Kier molecular flexibility index (Phi) is 33.5. The lowest BCUT2D eigenvalue weighted by Gasteiger charge is -2.41. The van der Waals surface area contributed by atoms with Crippen LogP contribution < -0.4 is 21.7 Å². The van der Waals surface area contributed by atoms with Gasteiger partial charge in [-0.3, -0.25) is 52.7 Å². The molecule has 0 aromatic rings. The molecule has 0 saturated carbocycles. The zero-order valence-electron chi connectivity index (χ0n) is 56.4. The van der Waals surface area contributed by atoms with E-state index in [0.717, 1.165) is 9.80 Å². The van der Waals surface area contributed by atoms with E-state index in [1.807, 2.05) is 55.4 Å². The fourth-order valence-corrected chi connectivity index (χ4v) is 10.3. The molecule has 23 nitrogen and oxygen atoms in total. The van der Waals surface area contributed by atoms with Crippen molar-refractivity contribution in [1.82, 2.24) is 50.2 Å². The van der Waals surface area contributed by atoms with Gasteiger partial charge >= 0.3 is 0 Å². The molecule has 0 rings (SSSR count). The number of nitrogens with one attached hydrogen (secondary N) is 3. The van der Waals surface area contributed by atoms with Crippen LogP contribution in [0.5, 0.6) is 0 Å². The van der Waals surface area contributed by atoms with Gasteiger partial charge in [-0.1, -0.05) is 116 Å². The monoisotopic (exact) mass is 1200 g/mol. The number of aliphatic hydroxyl groups is 1. The van der Waals surface area contributed by atoms with E-state index in [0.29, 0.717) is 6.42 Å². The number of hydrogen-bond donors (Lipinski definition) is 5. The summed E-state index contributed by atoms with van der Waals surface area (Å²) in [4.78, 5) is 163. The van der Waals surface area contributed by atoms with Gasteiger partial charge in [0.1, 0.15) is 54.4 Å². The summed E-state index contributed by atoms with van der Waals surface area (Å²) in [5.74, 6) is -8.88. The first-order valence-corrected chi connectivity index (χ1v) is 30.4. The SMILES string of the molecule is C/C=C/C[C@@H](C)[C@H](O)C(C(=O)N[C@H](CC)C(=O)N(C)CC(=O)N(C)[C@@H](C(N)=O)C(C)C)N(C)C(=O)[C@@H](C(C)C)N(C)C(=O)[C@@H](CC(C)C)N(C)C(=O)[C@@H](CC(C)C)N(C)C(=O)[C@H](C)NC(=O)[C@@H](CC(C)C)NC(=O)[C@H](C)N(C)C(=O)[C@@H](C)C(C)C. The number of rotatable bonds is 35. The average molecular weight is 1200 g/mol.